The van der Waals surface area contributed by atoms with Gasteiger partial charge in [0.15, 0.2) is 0 Å². The summed E-state index contributed by atoms with van der Waals surface area (Å²) in [5, 5.41) is 0. The van der Waals surface area contributed by atoms with Crippen molar-refractivity contribution in [1.82, 2.24) is 0 Å². The van der Waals surface area contributed by atoms with E-state index in [1.165, 1.54) is 62.3 Å². The number of hydrogen-bond donors (Lipinski definition) is 0. The summed E-state index contributed by atoms with van der Waals surface area (Å²) in [5.74, 6) is 0. The summed E-state index contributed by atoms with van der Waals surface area (Å²) in [4.78, 5) is 0. The van der Waals surface area contributed by atoms with E-state index in [0.717, 1.165) is 0 Å². The average molecular weight is 232 g/mol. The van der Waals surface area contributed by atoms with Gasteiger partial charge in [-0.2, -0.15) is 0 Å². The number of rotatable bonds is 11. The van der Waals surface area contributed by atoms with Gasteiger partial charge in [0.25, 0.3) is 0 Å². The van der Waals surface area contributed by atoms with Crippen LogP contribution in [0.5, 0.6) is 0 Å². The van der Waals surface area contributed by atoms with E-state index in [0.29, 0.717) is 0 Å². The second-order valence-electron chi connectivity index (χ2n) is 4.41. The van der Waals surface area contributed by atoms with Crippen LogP contribution in [-0.2, 0) is 0 Å². The molecule has 0 N–H and O–H groups in total. The molecule has 0 aliphatic rings. The fourth-order valence-electron chi connectivity index (χ4n) is 1.64. The zero-order valence-electron chi connectivity index (χ0n) is 11.1. The molecule has 0 aromatic heterocycles. The van der Waals surface area contributed by atoms with Crippen molar-refractivity contribution < 1.29 is 0 Å². The van der Waals surface area contributed by atoms with Crippen LogP contribution in [0.4, 0.5) is 0 Å². The predicted molar refractivity (Wildman–Crippen MR) is 76.1 cm³/mol. The van der Waals surface area contributed by atoms with Crippen molar-refractivity contribution in [2.75, 3.05) is 0 Å². The fraction of sp³-hybridized carbons (Fsp3) is 0.733. The van der Waals surface area contributed by atoms with Crippen LogP contribution in [0.3, 0.4) is 0 Å². The summed E-state index contributed by atoms with van der Waals surface area (Å²) < 4.78 is 1.38. The second-order valence-corrected chi connectivity index (χ2v) is 5.12. The Hall–Kier alpha value is 0.246. The topological polar surface area (TPSA) is 0 Å². The van der Waals surface area contributed by atoms with Crippen molar-refractivity contribution >= 4 is 21.7 Å². The van der Waals surface area contributed by atoms with Gasteiger partial charge in [-0.3, -0.25) is 0 Å². The quantitative estimate of drug-likeness (QED) is 0.260. The summed E-state index contributed by atoms with van der Waals surface area (Å²) >= 11 is 2.10. The first kappa shape index (κ1) is 16.2. The number of allylic oxidation sites excluding steroid dienone is 4. The molecule has 0 radical (unpaired) electrons. The van der Waals surface area contributed by atoms with Gasteiger partial charge in [-0.1, -0.05) is 19.8 Å². The van der Waals surface area contributed by atoms with Crippen LogP contribution < -0.4 is 0 Å². The first-order valence-electron chi connectivity index (χ1n) is 7.02. The van der Waals surface area contributed by atoms with E-state index in [9.17, 15) is 0 Å². The molecule has 0 fully saturated rings. The zero-order valence-corrected chi connectivity index (χ0v) is 12.5. The Kier molecular flexibility index (Phi) is 15.5. The third-order valence-corrected chi connectivity index (χ3v) is 3.23. The van der Waals surface area contributed by atoms with Crippen molar-refractivity contribution in [2.45, 2.75) is 69.3 Å². The Morgan fingerprint density at radius 2 is 1.31 bits per heavy atom. The Balaban J connectivity index is 3.12. The van der Waals surface area contributed by atoms with E-state index in [1.807, 2.05) is 0 Å². The van der Waals surface area contributed by atoms with Crippen LogP contribution in [0.15, 0.2) is 24.3 Å². The number of unbranched alkanes of at least 4 members (excludes halogenated alkanes) is 7. The van der Waals surface area contributed by atoms with E-state index < -0.39 is 0 Å². The van der Waals surface area contributed by atoms with Gasteiger partial charge in [0, 0.05) is 0 Å². The van der Waals surface area contributed by atoms with E-state index in [4.69, 9.17) is 0 Å². The minimum atomic E-state index is 1.23. The molecule has 0 aliphatic heterocycles. The standard InChI is InChI=1S/C15H27.Mg/c1-3-5-7-9-11-13-15-14-12-10-8-6-4-2;/h10,12,14-15H,1,3-9,11,13H2,2H3;/q;+1/b12-10-,15-14+;. The third kappa shape index (κ3) is 14.2. The minimum absolute atomic E-state index is 1.23. The molecule has 0 saturated heterocycles. The first-order chi connectivity index (χ1) is 7.91. The van der Waals surface area contributed by atoms with E-state index in [2.05, 4.69) is 52.9 Å². The van der Waals surface area contributed by atoms with E-state index in [-0.39, 0.29) is 0 Å². The Bertz CT molecular complexity index is 170. The van der Waals surface area contributed by atoms with Crippen molar-refractivity contribution in [2.24, 2.45) is 0 Å². The molecule has 0 heterocycles. The van der Waals surface area contributed by atoms with Crippen LogP contribution >= 0.6 is 0 Å². The van der Waals surface area contributed by atoms with Crippen LogP contribution in [0.1, 0.15) is 64.7 Å². The van der Waals surface area contributed by atoms with Crippen LogP contribution in [-0.4, -0.2) is 21.7 Å². The SMILES string of the molecule is CCCC/C=C\C=C\CCCCCC[CH2][Mg+]. The summed E-state index contributed by atoms with van der Waals surface area (Å²) in [6.07, 6.45) is 21.2. The molecule has 0 unspecified atom stereocenters. The molecule has 0 spiro atoms. The third-order valence-electron chi connectivity index (χ3n) is 2.73. The van der Waals surface area contributed by atoms with Crippen molar-refractivity contribution in [1.29, 1.82) is 0 Å². The van der Waals surface area contributed by atoms with Crippen molar-refractivity contribution in [3.05, 3.63) is 24.3 Å². The molecule has 16 heavy (non-hydrogen) atoms. The molecule has 0 aromatic rings. The summed E-state index contributed by atoms with van der Waals surface area (Å²) in [6, 6.07) is 0. The monoisotopic (exact) mass is 231 g/mol. The molecule has 0 amide bonds. The Morgan fingerprint density at radius 1 is 0.750 bits per heavy atom. The van der Waals surface area contributed by atoms with Gasteiger partial charge >= 0.3 is 95.5 Å². The first-order valence-corrected chi connectivity index (χ1v) is 8.02. The molecule has 88 valence electrons. The van der Waals surface area contributed by atoms with Crippen molar-refractivity contribution in [3.63, 3.8) is 0 Å². The van der Waals surface area contributed by atoms with Crippen LogP contribution in [0, 0.1) is 0 Å². The predicted octanol–water partition coefficient (Wildman–Crippen LogP) is 5.22. The van der Waals surface area contributed by atoms with Gasteiger partial charge in [0.2, 0.25) is 0 Å². The van der Waals surface area contributed by atoms with Crippen molar-refractivity contribution in [3.8, 4) is 0 Å². The molecule has 0 nitrogen and oxygen atoms in total. The summed E-state index contributed by atoms with van der Waals surface area (Å²) in [7, 11) is 0. The van der Waals surface area contributed by atoms with Crippen LogP contribution in [0.25, 0.3) is 0 Å². The average Bonchev–Trinajstić information content (AvgIpc) is 2.31. The molecule has 1 heteroatoms. The molecule has 0 saturated carbocycles. The van der Waals surface area contributed by atoms with Gasteiger partial charge in [0.1, 0.15) is 0 Å². The van der Waals surface area contributed by atoms with E-state index >= 15 is 0 Å². The molecule has 0 bridgehead atoms. The molecule has 0 aromatic carbocycles. The summed E-state index contributed by atoms with van der Waals surface area (Å²) in [6.45, 7) is 2.24. The molecular weight excluding hydrogens is 204 g/mol. The van der Waals surface area contributed by atoms with Gasteiger partial charge in [-0.15, -0.1) is 0 Å². The zero-order chi connectivity index (χ0) is 11.9. The molecule has 0 atom stereocenters. The fourth-order valence-corrected chi connectivity index (χ4v) is 1.99. The summed E-state index contributed by atoms with van der Waals surface area (Å²) in [5.41, 5.74) is 0. The molecular formula is C15H27Mg+. The Labute approximate surface area is 115 Å². The molecule has 0 aliphatic carbocycles. The normalized spacial score (nSPS) is 11.9. The van der Waals surface area contributed by atoms with Crippen LogP contribution in [0.2, 0.25) is 4.55 Å². The Morgan fingerprint density at radius 3 is 1.94 bits per heavy atom. The van der Waals surface area contributed by atoms with Gasteiger partial charge in [0.05, 0.1) is 0 Å². The van der Waals surface area contributed by atoms with Gasteiger partial charge in [-0.05, 0) is 0 Å². The number of hydrogen-bond acceptors (Lipinski definition) is 0. The van der Waals surface area contributed by atoms with Gasteiger partial charge < -0.3 is 0 Å². The van der Waals surface area contributed by atoms with Gasteiger partial charge in [-0.25, -0.2) is 0 Å². The maximum absolute atomic E-state index is 2.31. The maximum atomic E-state index is 2.31. The van der Waals surface area contributed by atoms with E-state index in [1.54, 1.807) is 0 Å². The second kappa shape index (κ2) is 15.2. The molecule has 0 rings (SSSR count).